The largest absolute Gasteiger partial charge is 0.697 e. The van der Waals surface area contributed by atoms with Gasteiger partial charge in [-0.15, -0.1) is 9.05 Å². The van der Waals surface area contributed by atoms with Crippen LogP contribution in [0, 0.1) is 0 Å². The third-order valence-corrected chi connectivity index (χ3v) is 5.39. The Morgan fingerprint density at radius 1 is 0.833 bits per heavy atom. The van der Waals surface area contributed by atoms with E-state index in [0.717, 1.165) is 22.3 Å². The van der Waals surface area contributed by atoms with Crippen molar-refractivity contribution in [2.45, 2.75) is 24.4 Å². The van der Waals surface area contributed by atoms with E-state index < -0.39 is 8.25 Å². The Kier molecular flexibility index (Phi) is 3.51. The summed E-state index contributed by atoms with van der Waals surface area (Å²) in [4.78, 5) is 0. The highest BCUT2D eigenvalue weighted by Crippen LogP contribution is 2.52. The van der Waals surface area contributed by atoms with Crippen LogP contribution in [0.4, 0.5) is 0 Å². The van der Waals surface area contributed by atoms with Crippen molar-refractivity contribution in [1.29, 1.82) is 0 Å². The number of hydrogen-bond donors (Lipinski definition) is 0. The van der Waals surface area contributed by atoms with E-state index in [9.17, 15) is 4.57 Å². The first kappa shape index (κ1) is 14.7. The zero-order chi connectivity index (χ0) is 16.1. The lowest BCUT2D eigenvalue weighted by atomic mass is 9.90. The lowest BCUT2D eigenvalue weighted by Gasteiger charge is -2.12. The summed E-state index contributed by atoms with van der Waals surface area (Å²) in [6.07, 6.45) is -0.253. The molecule has 3 heterocycles. The van der Waals surface area contributed by atoms with E-state index in [1.54, 1.807) is 0 Å². The van der Waals surface area contributed by atoms with Crippen molar-refractivity contribution in [3.63, 3.8) is 0 Å². The first-order chi connectivity index (χ1) is 11.8. The van der Waals surface area contributed by atoms with Crippen molar-refractivity contribution >= 4 is 8.25 Å². The van der Waals surface area contributed by atoms with Gasteiger partial charge in [-0.2, -0.15) is 0 Å². The topological polar surface area (TPSA) is 60.6 Å². The van der Waals surface area contributed by atoms with Gasteiger partial charge in [0.15, 0.2) is 0 Å². The molecule has 3 aliphatic heterocycles. The van der Waals surface area contributed by atoms with Crippen LogP contribution in [0.5, 0.6) is 0 Å². The summed E-state index contributed by atoms with van der Waals surface area (Å²) >= 11 is 0. The van der Waals surface area contributed by atoms with Gasteiger partial charge in [-0.3, -0.25) is 0 Å². The van der Waals surface area contributed by atoms with Crippen LogP contribution in [-0.4, -0.2) is 25.4 Å². The molecule has 6 heteroatoms. The number of benzene rings is 2. The minimum atomic E-state index is -2.11. The standard InChI is InChI=1S/C18H16O5P/c19-24-20-9-14-17(22-14)13-8-4-7-12(11-5-2-1-3-6-11)16(13)18-15(23-18)10-21-24/h1-8,14-15,17-18H,9-10H2/q+1. The molecule has 0 N–H and O–H groups in total. The Labute approximate surface area is 140 Å². The second kappa shape index (κ2) is 5.73. The quantitative estimate of drug-likeness (QED) is 0.580. The molecule has 3 aliphatic rings. The van der Waals surface area contributed by atoms with E-state index in [1.807, 2.05) is 18.2 Å². The molecule has 2 fully saturated rings. The SMILES string of the molecule is O=[P+]1OCC2OC2c2cccc(-c3ccccc3)c2C2OC2CO1. The fourth-order valence-corrected chi connectivity index (χ4v) is 4.00. The van der Waals surface area contributed by atoms with Crippen LogP contribution in [0.1, 0.15) is 23.3 Å². The average Bonchev–Trinajstić information content (AvgIpc) is 3.52. The van der Waals surface area contributed by atoms with Gasteiger partial charge in [-0.1, -0.05) is 48.5 Å². The lowest BCUT2D eigenvalue weighted by molar-refractivity contribution is 0.194. The van der Waals surface area contributed by atoms with Crippen LogP contribution >= 0.6 is 8.25 Å². The van der Waals surface area contributed by atoms with E-state index >= 15 is 0 Å². The van der Waals surface area contributed by atoms with Gasteiger partial charge in [0.2, 0.25) is 0 Å². The predicted octanol–water partition coefficient (Wildman–Crippen LogP) is 3.94. The summed E-state index contributed by atoms with van der Waals surface area (Å²) in [5.74, 6) is 0. The molecule has 2 aromatic carbocycles. The van der Waals surface area contributed by atoms with Gasteiger partial charge in [0, 0.05) is 4.57 Å². The van der Waals surface area contributed by atoms with Crippen LogP contribution in [-0.2, 0) is 23.1 Å². The second-order valence-electron chi connectivity index (χ2n) is 6.18. The summed E-state index contributed by atoms with van der Waals surface area (Å²) in [7, 11) is -2.11. The van der Waals surface area contributed by atoms with Gasteiger partial charge < -0.3 is 9.47 Å². The highest BCUT2D eigenvalue weighted by molar-refractivity contribution is 7.33. The molecule has 2 aromatic rings. The number of hydrogen-bond acceptors (Lipinski definition) is 5. The molecule has 24 heavy (non-hydrogen) atoms. The van der Waals surface area contributed by atoms with Crippen molar-refractivity contribution in [1.82, 2.24) is 0 Å². The molecule has 2 saturated heterocycles. The van der Waals surface area contributed by atoms with Crippen molar-refractivity contribution in [3.05, 3.63) is 59.7 Å². The molecule has 122 valence electrons. The summed E-state index contributed by atoms with van der Waals surface area (Å²) in [5, 5.41) is 0. The monoisotopic (exact) mass is 343 g/mol. The summed E-state index contributed by atoms with van der Waals surface area (Å²) in [6.45, 7) is 0.559. The Morgan fingerprint density at radius 3 is 2.33 bits per heavy atom. The zero-order valence-electron chi connectivity index (χ0n) is 12.8. The molecule has 5 atom stereocenters. The van der Waals surface area contributed by atoms with Gasteiger partial charge >= 0.3 is 8.25 Å². The normalized spacial score (nSPS) is 32.8. The van der Waals surface area contributed by atoms with Gasteiger partial charge in [0.25, 0.3) is 0 Å². The summed E-state index contributed by atoms with van der Waals surface area (Å²) in [6, 6.07) is 16.5. The van der Waals surface area contributed by atoms with E-state index in [0.29, 0.717) is 0 Å². The van der Waals surface area contributed by atoms with E-state index in [-0.39, 0.29) is 37.6 Å². The van der Waals surface area contributed by atoms with Crippen LogP contribution < -0.4 is 0 Å². The van der Waals surface area contributed by atoms with E-state index in [2.05, 4.69) is 30.3 Å². The molecular formula is C18H16O5P+. The van der Waals surface area contributed by atoms with Crippen molar-refractivity contribution in [2.75, 3.05) is 13.2 Å². The smallest absolute Gasteiger partial charge is 0.362 e. The molecule has 0 bridgehead atoms. The Hall–Kier alpha value is -1.62. The fraction of sp³-hybridized carbons (Fsp3) is 0.333. The maximum absolute atomic E-state index is 11.7. The Bertz CT molecular complexity index is 793. The molecule has 5 rings (SSSR count). The molecule has 5 nitrogen and oxygen atoms in total. The molecule has 0 spiro atoms. The maximum atomic E-state index is 11.7. The van der Waals surface area contributed by atoms with Crippen LogP contribution in [0.3, 0.4) is 0 Å². The molecule has 0 aliphatic carbocycles. The van der Waals surface area contributed by atoms with Crippen LogP contribution in [0.15, 0.2) is 48.5 Å². The van der Waals surface area contributed by atoms with Gasteiger partial charge in [0.1, 0.15) is 37.6 Å². The molecule has 5 unspecified atom stereocenters. The maximum Gasteiger partial charge on any atom is 0.697 e. The Balaban J connectivity index is 1.60. The van der Waals surface area contributed by atoms with E-state index in [1.165, 1.54) is 0 Å². The summed E-state index contributed by atoms with van der Waals surface area (Å²) in [5.41, 5.74) is 4.59. The molecule has 0 radical (unpaired) electrons. The highest BCUT2D eigenvalue weighted by atomic mass is 31.1. The number of rotatable bonds is 1. The summed E-state index contributed by atoms with van der Waals surface area (Å²) < 4.78 is 33.8. The first-order valence-electron chi connectivity index (χ1n) is 8.03. The minimum absolute atomic E-state index is 0.0324. The lowest BCUT2D eigenvalue weighted by Crippen LogP contribution is -2.02. The number of epoxide rings is 2. The van der Waals surface area contributed by atoms with Crippen LogP contribution in [0.25, 0.3) is 11.1 Å². The number of fused-ring (bicyclic) bond motifs is 5. The molecule has 0 saturated carbocycles. The minimum Gasteiger partial charge on any atom is -0.362 e. The Morgan fingerprint density at radius 2 is 1.54 bits per heavy atom. The van der Waals surface area contributed by atoms with Gasteiger partial charge in [-0.25, -0.2) is 0 Å². The molecular weight excluding hydrogens is 327 g/mol. The van der Waals surface area contributed by atoms with E-state index in [4.69, 9.17) is 18.5 Å². The third-order valence-electron chi connectivity index (χ3n) is 4.67. The van der Waals surface area contributed by atoms with Gasteiger partial charge in [-0.05, 0) is 22.3 Å². The average molecular weight is 343 g/mol. The zero-order valence-corrected chi connectivity index (χ0v) is 13.7. The van der Waals surface area contributed by atoms with Crippen molar-refractivity contribution in [2.24, 2.45) is 0 Å². The fourth-order valence-electron chi connectivity index (χ4n) is 3.39. The first-order valence-corrected chi connectivity index (χ1v) is 9.13. The predicted molar refractivity (Wildman–Crippen MR) is 86.6 cm³/mol. The highest BCUT2D eigenvalue weighted by Gasteiger charge is 2.51. The second-order valence-corrected chi connectivity index (χ2v) is 7.14. The number of ether oxygens (including phenoxy) is 2. The third kappa shape index (κ3) is 2.59. The van der Waals surface area contributed by atoms with Crippen molar-refractivity contribution < 1.29 is 23.1 Å². The molecule has 0 aromatic heterocycles. The van der Waals surface area contributed by atoms with Crippen LogP contribution in [0.2, 0.25) is 0 Å². The van der Waals surface area contributed by atoms with Crippen molar-refractivity contribution in [3.8, 4) is 11.1 Å². The van der Waals surface area contributed by atoms with Gasteiger partial charge in [0.05, 0.1) is 0 Å². The molecule has 0 amide bonds.